The van der Waals surface area contributed by atoms with Gasteiger partial charge in [0.1, 0.15) is 0 Å². The van der Waals surface area contributed by atoms with Crippen molar-refractivity contribution >= 4 is 11.7 Å². The van der Waals surface area contributed by atoms with Gasteiger partial charge in [-0.2, -0.15) is 13.2 Å². The normalized spacial score (nSPS) is 22.2. The molecule has 2 rings (SSSR count). The molecular weight excluding hydrogens is 293 g/mol. The van der Waals surface area contributed by atoms with E-state index < -0.39 is 17.8 Å². The molecule has 1 aromatic carbocycles. The third kappa shape index (κ3) is 3.93. The zero-order chi connectivity index (χ0) is 16.3. The number of alkyl halides is 3. The van der Waals surface area contributed by atoms with E-state index in [4.69, 9.17) is 0 Å². The average Bonchev–Trinajstić information content (AvgIpc) is 2.46. The molecule has 2 amide bonds. The van der Waals surface area contributed by atoms with Crippen LogP contribution in [-0.2, 0) is 6.18 Å². The van der Waals surface area contributed by atoms with E-state index in [9.17, 15) is 18.0 Å². The van der Waals surface area contributed by atoms with Gasteiger partial charge in [0.05, 0.1) is 11.3 Å². The van der Waals surface area contributed by atoms with Crippen LogP contribution in [0.1, 0.15) is 38.2 Å². The lowest BCUT2D eigenvalue weighted by atomic mass is 9.86. The molecule has 1 aliphatic rings. The van der Waals surface area contributed by atoms with Crippen LogP contribution in [0.4, 0.5) is 23.7 Å². The molecule has 1 aromatic rings. The summed E-state index contributed by atoms with van der Waals surface area (Å²) in [6.07, 6.45) is -0.507. The summed E-state index contributed by atoms with van der Waals surface area (Å²) in [5.74, 6) is 0.538. The molecule has 6 heteroatoms. The fourth-order valence-electron chi connectivity index (χ4n) is 2.96. The molecule has 0 spiro atoms. The fraction of sp³-hybridized carbons (Fsp3) is 0.562. The van der Waals surface area contributed by atoms with Crippen molar-refractivity contribution in [2.45, 2.75) is 44.8 Å². The molecule has 22 heavy (non-hydrogen) atoms. The molecule has 1 fully saturated rings. The Balaban J connectivity index is 2.09. The van der Waals surface area contributed by atoms with Crippen LogP contribution in [0, 0.1) is 5.92 Å². The van der Waals surface area contributed by atoms with Crippen molar-refractivity contribution in [3.8, 4) is 0 Å². The molecule has 2 unspecified atom stereocenters. The maximum absolute atomic E-state index is 12.9. The van der Waals surface area contributed by atoms with E-state index in [0.29, 0.717) is 5.92 Å². The lowest BCUT2D eigenvalue weighted by Gasteiger charge is -2.34. The fourth-order valence-corrected chi connectivity index (χ4v) is 2.96. The van der Waals surface area contributed by atoms with E-state index in [1.165, 1.54) is 23.1 Å². The van der Waals surface area contributed by atoms with Crippen LogP contribution in [0.25, 0.3) is 0 Å². The van der Waals surface area contributed by atoms with Gasteiger partial charge in [-0.1, -0.05) is 31.9 Å². The highest BCUT2D eigenvalue weighted by Gasteiger charge is 2.34. The Morgan fingerprint density at radius 2 is 1.95 bits per heavy atom. The first kappa shape index (κ1) is 16.6. The molecule has 1 aliphatic carbocycles. The maximum Gasteiger partial charge on any atom is 0.418 e. The number of rotatable bonds is 2. The van der Waals surface area contributed by atoms with Crippen molar-refractivity contribution in [2.24, 2.45) is 5.92 Å². The number of anilines is 1. The van der Waals surface area contributed by atoms with Crippen LogP contribution < -0.4 is 5.32 Å². The highest BCUT2D eigenvalue weighted by Crippen LogP contribution is 2.35. The van der Waals surface area contributed by atoms with E-state index in [0.717, 1.165) is 31.7 Å². The Kier molecular flexibility index (Phi) is 4.98. The summed E-state index contributed by atoms with van der Waals surface area (Å²) < 4.78 is 38.8. The minimum Gasteiger partial charge on any atom is -0.325 e. The maximum atomic E-state index is 12.9. The molecule has 122 valence electrons. The molecule has 0 radical (unpaired) electrons. The number of carbonyl (C=O) groups excluding carboxylic acids is 1. The van der Waals surface area contributed by atoms with Crippen LogP contribution in [0.3, 0.4) is 0 Å². The molecule has 0 aliphatic heterocycles. The zero-order valence-electron chi connectivity index (χ0n) is 12.8. The van der Waals surface area contributed by atoms with E-state index >= 15 is 0 Å². The van der Waals surface area contributed by atoms with Crippen molar-refractivity contribution in [3.63, 3.8) is 0 Å². The van der Waals surface area contributed by atoms with Crippen LogP contribution in [0.5, 0.6) is 0 Å². The first-order valence-corrected chi connectivity index (χ1v) is 7.49. The van der Waals surface area contributed by atoms with Crippen molar-refractivity contribution in [2.75, 3.05) is 12.4 Å². The SMILES string of the molecule is CC1CCCC(N(C)C(=O)Nc2ccccc2C(F)(F)F)C1. The molecule has 2 atom stereocenters. The predicted octanol–water partition coefficient (Wildman–Crippen LogP) is 4.75. The van der Waals surface area contributed by atoms with E-state index in [1.54, 1.807) is 7.05 Å². The number of carbonyl (C=O) groups is 1. The molecule has 0 bridgehead atoms. The summed E-state index contributed by atoms with van der Waals surface area (Å²) in [6, 6.07) is 4.63. The van der Waals surface area contributed by atoms with Gasteiger partial charge in [0, 0.05) is 13.1 Å². The first-order valence-electron chi connectivity index (χ1n) is 7.49. The second-order valence-corrected chi connectivity index (χ2v) is 6.01. The van der Waals surface area contributed by atoms with E-state index in [1.807, 2.05) is 0 Å². The number of halogens is 3. The molecule has 0 saturated heterocycles. The highest BCUT2D eigenvalue weighted by molar-refractivity contribution is 5.90. The van der Waals surface area contributed by atoms with Gasteiger partial charge < -0.3 is 10.2 Å². The molecular formula is C16H21F3N2O. The van der Waals surface area contributed by atoms with E-state index in [-0.39, 0.29) is 11.7 Å². The molecule has 0 heterocycles. The number of hydrogen-bond donors (Lipinski definition) is 1. The van der Waals surface area contributed by atoms with Crippen molar-refractivity contribution in [1.82, 2.24) is 4.90 Å². The Hall–Kier alpha value is -1.72. The van der Waals surface area contributed by atoms with Gasteiger partial charge in [-0.3, -0.25) is 0 Å². The summed E-state index contributed by atoms with van der Waals surface area (Å²) in [7, 11) is 1.65. The largest absolute Gasteiger partial charge is 0.418 e. The predicted molar refractivity (Wildman–Crippen MR) is 79.6 cm³/mol. The highest BCUT2D eigenvalue weighted by atomic mass is 19.4. The summed E-state index contributed by atoms with van der Waals surface area (Å²) in [5, 5.41) is 2.40. The topological polar surface area (TPSA) is 32.3 Å². The summed E-state index contributed by atoms with van der Waals surface area (Å²) in [4.78, 5) is 13.8. The summed E-state index contributed by atoms with van der Waals surface area (Å²) in [5.41, 5.74) is -1.02. The van der Waals surface area contributed by atoms with Crippen LogP contribution in [-0.4, -0.2) is 24.0 Å². The van der Waals surface area contributed by atoms with Gasteiger partial charge in [0.25, 0.3) is 0 Å². The molecule has 0 aromatic heterocycles. The van der Waals surface area contributed by atoms with Crippen LogP contribution in [0.2, 0.25) is 0 Å². The Labute approximate surface area is 128 Å². The quantitative estimate of drug-likeness (QED) is 0.839. The van der Waals surface area contributed by atoms with Gasteiger partial charge in [-0.05, 0) is 30.9 Å². The summed E-state index contributed by atoms with van der Waals surface area (Å²) in [6.45, 7) is 2.14. The lowest BCUT2D eigenvalue weighted by molar-refractivity contribution is -0.136. The number of nitrogens with one attached hydrogen (secondary N) is 1. The van der Waals surface area contributed by atoms with Crippen LogP contribution >= 0.6 is 0 Å². The van der Waals surface area contributed by atoms with Crippen molar-refractivity contribution in [1.29, 1.82) is 0 Å². The first-order chi connectivity index (χ1) is 10.3. The van der Waals surface area contributed by atoms with Gasteiger partial charge in [-0.25, -0.2) is 4.79 Å². The van der Waals surface area contributed by atoms with Gasteiger partial charge >= 0.3 is 12.2 Å². The minimum absolute atomic E-state index is 0.0850. The number of nitrogens with zero attached hydrogens (tertiary/aromatic N) is 1. The minimum atomic E-state index is -4.48. The second kappa shape index (κ2) is 6.58. The van der Waals surface area contributed by atoms with Crippen molar-refractivity contribution < 1.29 is 18.0 Å². The lowest BCUT2D eigenvalue weighted by Crippen LogP contribution is -2.42. The number of amides is 2. The third-order valence-corrected chi connectivity index (χ3v) is 4.25. The summed E-state index contributed by atoms with van der Waals surface area (Å²) >= 11 is 0. The Morgan fingerprint density at radius 3 is 2.59 bits per heavy atom. The van der Waals surface area contributed by atoms with Gasteiger partial charge in [0.15, 0.2) is 0 Å². The smallest absolute Gasteiger partial charge is 0.325 e. The van der Waals surface area contributed by atoms with Gasteiger partial charge in [-0.15, -0.1) is 0 Å². The number of benzene rings is 1. The number of urea groups is 1. The number of hydrogen-bond acceptors (Lipinski definition) is 1. The number of para-hydroxylation sites is 1. The third-order valence-electron chi connectivity index (χ3n) is 4.25. The van der Waals surface area contributed by atoms with Gasteiger partial charge in [0.2, 0.25) is 0 Å². The Bertz CT molecular complexity index is 530. The monoisotopic (exact) mass is 314 g/mol. The molecule has 1 N–H and O–H groups in total. The van der Waals surface area contributed by atoms with E-state index in [2.05, 4.69) is 12.2 Å². The molecule has 3 nitrogen and oxygen atoms in total. The zero-order valence-corrected chi connectivity index (χ0v) is 12.8. The van der Waals surface area contributed by atoms with Crippen molar-refractivity contribution in [3.05, 3.63) is 29.8 Å². The average molecular weight is 314 g/mol. The molecule has 1 saturated carbocycles. The van der Waals surface area contributed by atoms with Crippen LogP contribution in [0.15, 0.2) is 24.3 Å². The standard InChI is InChI=1S/C16H21F3N2O/c1-11-6-5-7-12(10-11)21(2)15(22)20-14-9-4-3-8-13(14)16(17,18)19/h3-4,8-9,11-12H,5-7,10H2,1-2H3,(H,20,22). The Morgan fingerprint density at radius 1 is 1.27 bits per heavy atom. The second-order valence-electron chi connectivity index (χ2n) is 6.01.